The maximum Gasteiger partial charge on any atom is 0.193 e. The van der Waals surface area contributed by atoms with E-state index in [1.165, 1.54) is 12.1 Å². The Labute approximate surface area is 160 Å². The lowest BCUT2D eigenvalue weighted by Gasteiger charge is -2.05. The van der Waals surface area contributed by atoms with Gasteiger partial charge in [0.1, 0.15) is 17.0 Å². The molecule has 0 amide bonds. The predicted molar refractivity (Wildman–Crippen MR) is 109 cm³/mol. The maximum atomic E-state index is 13.7. The zero-order valence-corrected chi connectivity index (χ0v) is 14.9. The van der Waals surface area contributed by atoms with Crippen LogP contribution in [-0.4, -0.2) is 5.78 Å². The summed E-state index contributed by atoms with van der Waals surface area (Å²) >= 11 is 0. The lowest BCUT2D eigenvalue weighted by atomic mass is 9.98. The van der Waals surface area contributed by atoms with Gasteiger partial charge in [0.2, 0.25) is 0 Å². The average molecular weight is 366 g/mol. The van der Waals surface area contributed by atoms with Crippen molar-refractivity contribution in [3.63, 3.8) is 0 Å². The number of benzene rings is 4. The Kier molecular flexibility index (Phi) is 3.80. The minimum atomic E-state index is -0.288. The van der Waals surface area contributed by atoms with Crippen LogP contribution in [0.1, 0.15) is 15.9 Å². The molecule has 4 aromatic carbocycles. The molecule has 0 N–H and O–H groups in total. The molecule has 2 nitrogen and oxygen atoms in total. The average Bonchev–Trinajstić information content (AvgIpc) is 3.12. The van der Waals surface area contributed by atoms with Crippen LogP contribution in [0, 0.1) is 5.82 Å². The van der Waals surface area contributed by atoms with Gasteiger partial charge in [-0.25, -0.2) is 4.39 Å². The highest BCUT2D eigenvalue weighted by molar-refractivity contribution is 6.11. The minimum Gasteiger partial charge on any atom is -0.455 e. The lowest BCUT2D eigenvalue weighted by Crippen LogP contribution is -2.00. The molecule has 0 spiro atoms. The molecular weight excluding hydrogens is 351 g/mol. The van der Waals surface area contributed by atoms with Crippen molar-refractivity contribution in [2.24, 2.45) is 0 Å². The van der Waals surface area contributed by atoms with Gasteiger partial charge in [-0.05, 0) is 23.8 Å². The number of ketones is 1. The van der Waals surface area contributed by atoms with E-state index in [9.17, 15) is 9.18 Å². The van der Waals surface area contributed by atoms with Crippen molar-refractivity contribution >= 4 is 27.7 Å². The Morgan fingerprint density at radius 1 is 0.714 bits per heavy atom. The van der Waals surface area contributed by atoms with E-state index in [0.29, 0.717) is 22.3 Å². The third-order valence-corrected chi connectivity index (χ3v) is 4.95. The minimum absolute atomic E-state index is 0.00966. The van der Waals surface area contributed by atoms with Crippen molar-refractivity contribution < 1.29 is 13.6 Å². The predicted octanol–water partition coefficient (Wildman–Crippen LogP) is 6.62. The number of rotatable bonds is 3. The molecule has 0 saturated carbocycles. The quantitative estimate of drug-likeness (QED) is 0.336. The van der Waals surface area contributed by atoms with Gasteiger partial charge in [-0.1, -0.05) is 72.8 Å². The Bertz CT molecular complexity index is 1320. The summed E-state index contributed by atoms with van der Waals surface area (Å²) < 4.78 is 19.7. The van der Waals surface area contributed by atoms with Crippen LogP contribution >= 0.6 is 0 Å². The van der Waals surface area contributed by atoms with Crippen molar-refractivity contribution in [2.45, 2.75) is 0 Å². The molecule has 0 aliphatic carbocycles. The highest BCUT2D eigenvalue weighted by Gasteiger charge is 2.14. The Balaban J connectivity index is 1.59. The number of furan rings is 1. The Morgan fingerprint density at radius 2 is 1.46 bits per heavy atom. The SMILES string of the molecule is O=C(c1ccccc1)c1ccc(-c2cccc3c2oc2ccc(F)cc23)cc1. The highest BCUT2D eigenvalue weighted by Crippen LogP contribution is 2.36. The van der Waals surface area contributed by atoms with Crippen LogP contribution in [0.25, 0.3) is 33.1 Å². The summed E-state index contributed by atoms with van der Waals surface area (Å²) in [4.78, 5) is 12.6. The van der Waals surface area contributed by atoms with Crippen molar-refractivity contribution in [3.8, 4) is 11.1 Å². The monoisotopic (exact) mass is 366 g/mol. The topological polar surface area (TPSA) is 30.2 Å². The third-order valence-electron chi connectivity index (χ3n) is 4.95. The van der Waals surface area contributed by atoms with E-state index in [1.54, 1.807) is 6.07 Å². The van der Waals surface area contributed by atoms with E-state index in [4.69, 9.17) is 4.42 Å². The largest absolute Gasteiger partial charge is 0.455 e. The number of hydrogen-bond donors (Lipinski definition) is 0. The second-order valence-corrected chi connectivity index (χ2v) is 6.70. The molecule has 0 radical (unpaired) electrons. The van der Waals surface area contributed by atoms with E-state index < -0.39 is 0 Å². The van der Waals surface area contributed by atoms with Crippen LogP contribution in [-0.2, 0) is 0 Å². The van der Waals surface area contributed by atoms with Crippen molar-refractivity contribution in [1.82, 2.24) is 0 Å². The first-order valence-electron chi connectivity index (χ1n) is 9.02. The van der Waals surface area contributed by atoms with E-state index in [1.807, 2.05) is 72.8 Å². The van der Waals surface area contributed by atoms with Crippen LogP contribution in [0.4, 0.5) is 4.39 Å². The van der Waals surface area contributed by atoms with Crippen LogP contribution in [0.3, 0.4) is 0 Å². The van der Waals surface area contributed by atoms with Gasteiger partial charge in [0.25, 0.3) is 0 Å². The molecule has 0 aliphatic rings. The van der Waals surface area contributed by atoms with Crippen molar-refractivity contribution in [3.05, 3.63) is 108 Å². The van der Waals surface area contributed by atoms with Gasteiger partial charge in [0.05, 0.1) is 0 Å². The summed E-state index contributed by atoms with van der Waals surface area (Å²) in [5.74, 6) is -0.297. The molecule has 134 valence electrons. The fourth-order valence-corrected chi connectivity index (χ4v) is 3.56. The number of carbonyl (C=O) groups is 1. The van der Waals surface area contributed by atoms with Crippen LogP contribution < -0.4 is 0 Å². The van der Waals surface area contributed by atoms with Crippen LogP contribution in [0.15, 0.2) is 95.4 Å². The summed E-state index contributed by atoms with van der Waals surface area (Å²) in [6.45, 7) is 0. The summed E-state index contributed by atoms with van der Waals surface area (Å²) in [6, 6.07) is 27.1. The van der Waals surface area contributed by atoms with Gasteiger partial charge < -0.3 is 4.42 Å². The molecule has 5 aromatic rings. The molecule has 0 saturated heterocycles. The molecule has 0 atom stereocenters. The van der Waals surface area contributed by atoms with Crippen molar-refractivity contribution in [2.75, 3.05) is 0 Å². The summed E-state index contributed by atoms with van der Waals surface area (Å²) in [5, 5.41) is 1.63. The zero-order chi connectivity index (χ0) is 19.1. The number of hydrogen-bond acceptors (Lipinski definition) is 2. The molecule has 0 aliphatic heterocycles. The molecule has 0 fully saturated rings. The summed E-state index contributed by atoms with van der Waals surface area (Å²) in [5.41, 5.74) is 4.51. The molecule has 1 aromatic heterocycles. The second-order valence-electron chi connectivity index (χ2n) is 6.70. The first kappa shape index (κ1) is 16.5. The Hall–Kier alpha value is -3.72. The fraction of sp³-hybridized carbons (Fsp3) is 0. The third kappa shape index (κ3) is 2.69. The van der Waals surface area contributed by atoms with Gasteiger partial charge in [-0.2, -0.15) is 0 Å². The summed E-state index contributed by atoms with van der Waals surface area (Å²) in [6.07, 6.45) is 0. The van der Waals surface area contributed by atoms with Gasteiger partial charge in [-0.15, -0.1) is 0 Å². The normalized spacial score (nSPS) is 11.2. The first-order chi connectivity index (χ1) is 13.7. The van der Waals surface area contributed by atoms with Gasteiger partial charge >= 0.3 is 0 Å². The van der Waals surface area contributed by atoms with Crippen LogP contribution in [0.5, 0.6) is 0 Å². The molecule has 0 bridgehead atoms. The van der Waals surface area contributed by atoms with Crippen molar-refractivity contribution in [1.29, 1.82) is 0 Å². The smallest absolute Gasteiger partial charge is 0.193 e. The van der Waals surface area contributed by atoms with Crippen LogP contribution in [0.2, 0.25) is 0 Å². The number of halogens is 1. The van der Waals surface area contributed by atoms with E-state index in [-0.39, 0.29) is 11.6 Å². The molecule has 5 rings (SSSR count). The first-order valence-corrected chi connectivity index (χ1v) is 9.02. The highest BCUT2D eigenvalue weighted by atomic mass is 19.1. The molecular formula is C25H15FO2. The van der Waals surface area contributed by atoms with Gasteiger partial charge in [0.15, 0.2) is 5.78 Å². The molecule has 1 heterocycles. The molecule has 3 heteroatoms. The Morgan fingerprint density at radius 3 is 2.25 bits per heavy atom. The number of fused-ring (bicyclic) bond motifs is 3. The number of carbonyl (C=O) groups excluding carboxylic acids is 1. The second kappa shape index (κ2) is 6.46. The fourth-order valence-electron chi connectivity index (χ4n) is 3.56. The van der Waals surface area contributed by atoms with E-state index in [0.717, 1.165) is 21.9 Å². The molecule has 28 heavy (non-hydrogen) atoms. The summed E-state index contributed by atoms with van der Waals surface area (Å²) in [7, 11) is 0. The van der Waals surface area contributed by atoms with Gasteiger partial charge in [0, 0.05) is 27.5 Å². The number of para-hydroxylation sites is 1. The standard InChI is InChI=1S/C25H15FO2/c26-19-13-14-23-22(15-19)21-8-4-7-20(25(21)28-23)16-9-11-18(12-10-16)24(27)17-5-2-1-3-6-17/h1-15H. The van der Waals surface area contributed by atoms with Gasteiger partial charge in [-0.3, -0.25) is 4.79 Å². The van der Waals surface area contributed by atoms with E-state index in [2.05, 4.69) is 0 Å². The zero-order valence-electron chi connectivity index (χ0n) is 14.9. The van der Waals surface area contributed by atoms with E-state index >= 15 is 0 Å². The lowest BCUT2D eigenvalue weighted by molar-refractivity contribution is 0.103. The maximum absolute atomic E-state index is 13.7. The molecule has 0 unspecified atom stereocenters.